The third-order valence-electron chi connectivity index (χ3n) is 2.27. The number of amides is 1. The first-order valence-electron chi connectivity index (χ1n) is 5.61. The summed E-state index contributed by atoms with van der Waals surface area (Å²) in [4.78, 5) is 11.4. The van der Waals surface area contributed by atoms with Crippen LogP contribution in [0.2, 0.25) is 0 Å². The number of rotatable bonds is 2. The van der Waals surface area contributed by atoms with Gasteiger partial charge in [0.2, 0.25) is 0 Å². The van der Waals surface area contributed by atoms with Crippen LogP contribution in [-0.2, 0) is 9.47 Å². The number of nitrogens with one attached hydrogen (secondary N) is 1. The van der Waals surface area contributed by atoms with Crippen molar-refractivity contribution in [2.75, 3.05) is 0 Å². The van der Waals surface area contributed by atoms with Crippen LogP contribution in [0.25, 0.3) is 0 Å². The van der Waals surface area contributed by atoms with Crippen LogP contribution in [0.4, 0.5) is 9.18 Å². The lowest BCUT2D eigenvalue weighted by Crippen LogP contribution is -2.42. The van der Waals surface area contributed by atoms with E-state index in [1.54, 1.807) is 20.8 Å². The maximum atomic E-state index is 13.4. The molecule has 0 aromatic rings. The summed E-state index contributed by atoms with van der Waals surface area (Å²) in [6.45, 7) is 7.19. The Morgan fingerprint density at radius 3 is 2.62 bits per heavy atom. The summed E-state index contributed by atoms with van der Waals surface area (Å²) in [7, 11) is 0. The summed E-state index contributed by atoms with van der Waals surface area (Å²) in [6.07, 6.45) is -1.71. The first-order valence-corrected chi connectivity index (χ1v) is 5.61. The Balaban J connectivity index is 2.40. The minimum absolute atomic E-state index is 0.116. The van der Waals surface area contributed by atoms with E-state index in [9.17, 15) is 9.18 Å². The fourth-order valence-corrected chi connectivity index (χ4v) is 1.53. The van der Waals surface area contributed by atoms with Crippen molar-refractivity contribution in [3.05, 3.63) is 0 Å². The Hall–Kier alpha value is -0.840. The molecule has 0 aliphatic carbocycles. The Morgan fingerprint density at radius 2 is 2.19 bits per heavy atom. The van der Waals surface area contributed by atoms with Gasteiger partial charge in [-0.3, -0.25) is 5.32 Å². The minimum atomic E-state index is -1.16. The number of ether oxygens (including phenoxy) is 2. The summed E-state index contributed by atoms with van der Waals surface area (Å²) >= 11 is 0. The summed E-state index contributed by atoms with van der Waals surface area (Å²) in [5.41, 5.74) is -0.585. The molecule has 4 nitrogen and oxygen atoms in total. The third-order valence-corrected chi connectivity index (χ3v) is 2.27. The molecule has 5 heteroatoms. The first-order chi connectivity index (χ1) is 7.31. The predicted molar refractivity (Wildman–Crippen MR) is 57.8 cm³/mol. The molecule has 16 heavy (non-hydrogen) atoms. The maximum absolute atomic E-state index is 13.4. The smallest absolute Gasteiger partial charge is 0.409 e. The molecule has 0 radical (unpaired) electrons. The normalized spacial score (nSPS) is 30.2. The monoisotopic (exact) mass is 233 g/mol. The number of hydrogen-bond donors (Lipinski definition) is 1. The number of carbonyl (C=O) groups excluding carboxylic acids is 1. The van der Waals surface area contributed by atoms with E-state index in [0.717, 1.165) is 6.42 Å². The van der Waals surface area contributed by atoms with Crippen LogP contribution in [0.5, 0.6) is 0 Å². The van der Waals surface area contributed by atoms with E-state index < -0.39 is 24.1 Å². The fraction of sp³-hybridized carbons (Fsp3) is 0.909. The second-order valence-electron chi connectivity index (χ2n) is 4.98. The first kappa shape index (κ1) is 13.2. The molecule has 94 valence electrons. The van der Waals surface area contributed by atoms with Gasteiger partial charge in [-0.25, -0.2) is 9.18 Å². The molecule has 3 atom stereocenters. The van der Waals surface area contributed by atoms with Gasteiger partial charge in [-0.05, 0) is 27.2 Å². The zero-order valence-electron chi connectivity index (χ0n) is 10.2. The van der Waals surface area contributed by atoms with Crippen molar-refractivity contribution in [2.45, 2.75) is 64.6 Å². The molecular weight excluding hydrogens is 213 g/mol. The second-order valence-corrected chi connectivity index (χ2v) is 4.98. The highest BCUT2D eigenvalue weighted by Crippen LogP contribution is 2.23. The van der Waals surface area contributed by atoms with Crippen LogP contribution in [-0.4, -0.2) is 30.2 Å². The van der Waals surface area contributed by atoms with E-state index in [0.29, 0.717) is 6.42 Å². The Morgan fingerprint density at radius 1 is 1.56 bits per heavy atom. The van der Waals surface area contributed by atoms with E-state index in [4.69, 9.17) is 9.47 Å². The standard InChI is InChI=1S/C11H20FNO3/c1-5-7-6-8(12)9(15-7)13-10(14)16-11(2,3)4/h7-9H,5-6H2,1-4H3,(H,13,14). The molecule has 3 unspecified atom stereocenters. The van der Waals surface area contributed by atoms with Gasteiger partial charge in [-0.1, -0.05) is 6.92 Å². The van der Waals surface area contributed by atoms with Crippen LogP contribution in [0.1, 0.15) is 40.5 Å². The number of halogens is 1. The molecule has 1 aliphatic rings. The van der Waals surface area contributed by atoms with Gasteiger partial charge in [0.1, 0.15) is 11.8 Å². The molecule has 0 spiro atoms. The van der Waals surface area contributed by atoms with Crippen molar-refractivity contribution in [2.24, 2.45) is 0 Å². The Kier molecular flexibility index (Phi) is 4.13. The maximum Gasteiger partial charge on any atom is 0.409 e. The minimum Gasteiger partial charge on any atom is -0.444 e. The summed E-state index contributed by atoms with van der Waals surface area (Å²) in [6, 6.07) is 0. The predicted octanol–water partition coefficient (Wildman–Crippen LogP) is 2.37. The molecule has 0 aromatic heterocycles. The lowest BCUT2D eigenvalue weighted by Gasteiger charge is -2.22. The Bertz CT molecular complexity index is 252. The molecule has 0 saturated carbocycles. The van der Waals surface area contributed by atoms with Gasteiger partial charge in [-0.15, -0.1) is 0 Å². The molecule has 1 amide bonds. The highest BCUT2D eigenvalue weighted by atomic mass is 19.1. The second kappa shape index (κ2) is 4.99. The van der Waals surface area contributed by atoms with Gasteiger partial charge in [0.05, 0.1) is 6.10 Å². The quantitative estimate of drug-likeness (QED) is 0.796. The van der Waals surface area contributed by atoms with Crippen molar-refractivity contribution >= 4 is 6.09 Å². The average molecular weight is 233 g/mol. The number of alkyl carbamates (subject to hydrolysis) is 1. The summed E-state index contributed by atoms with van der Waals surface area (Å²) in [5, 5.41) is 2.39. The van der Waals surface area contributed by atoms with E-state index in [1.165, 1.54) is 0 Å². The van der Waals surface area contributed by atoms with Crippen molar-refractivity contribution < 1.29 is 18.7 Å². The molecule has 1 N–H and O–H groups in total. The van der Waals surface area contributed by atoms with Crippen LogP contribution in [0, 0.1) is 0 Å². The van der Waals surface area contributed by atoms with Crippen molar-refractivity contribution in [3.8, 4) is 0 Å². The molecular formula is C11H20FNO3. The topological polar surface area (TPSA) is 47.6 Å². The third kappa shape index (κ3) is 3.96. The Labute approximate surface area is 95.5 Å². The molecule has 1 aliphatic heterocycles. The zero-order valence-corrected chi connectivity index (χ0v) is 10.2. The average Bonchev–Trinajstić information content (AvgIpc) is 2.44. The highest BCUT2D eigenvalue weighted by Gasteiger charge is 2.36. The van der Waals surface area contributed by atoms with E-state index in [-0.39, 0.29) is 6.10 Å². The van der Waals surface area contributed by atoms with Crippen molar-refractivity contribution in [3.63, 3.8) is 0 Å². The lowest BCUT2D eigenvalue weighted by molar-refractivity contribution is -0.00804. The molecule has 0 aromatic carbocycles. The van der Waals surface area contributed by atoms with E-state index in [1.807, 2.05) is 6.92 Å². The summed E-state index contributed by atoms with van der Waals surface area (Å²) < 4.78 is 23.8. The molecule has 1 heterocycles. The number of alkyl halides is 1. The number of hydrogen-bond acceptors (Lipinski definition) is 3. The summed E-state index contributed by atoms with van der Waals surface area (Å²) in [5.74, 6) is 0. The fourth-order valence-electron chi connectivity index (χ4n) is 1.53. The van der Waals surface area contributed by atoms with Crippen LogP contribution < -0.4 is 5.32 Å². The van der Waals surface area contributed by atoms with Crippen LogP contribution in [0.15, 0.2) is 0 Å². The van der Waals surface area contributed by atoms with E-state index >= 15 is 0 Å². The van der Waals surface area contributed by atoms with Gasteiger partial charge in [0, 0.05) is 6.42 Å². The molecule has 1 saturated heterocycles. The van der Waals surface area contributed by atoms with Gasteiger partial charge in [0.15, 0.2) is 6.23 Å². The van der Waals surface area contributed by atoms with Gasteiger partial charge in [0.25, 0.3) is 0 Å². The lowest BCUT2D eigenvalue weighted by atomic mass is 10.2. The number of carbonyl (C=O) groups is 1. The SMILES string of the molecule is CCC1CC(F)C(NC(=O)OC(C)(C)C)O1. The largest absolute Gasteiger partial charge is 0.444 e. The van der Waals surface area contributed by atoms with Crippen molar-refractivity contribution in [1.82, 2.24) is 5.32 Å². The van der Waals surface area contributed by atoms with E-state index in [2.05, 4.69) is 5.32 Å². The zero-order chi connectivity index (χ0) is 12.3. The van der Waals surface area contributed by atoms with Gasteiger partial charge >= 0.3 is 6.09 Å². The molecule has 0 bridgehead atoms. The molecule has 1 rings (SSSR count). The highest BCUT2D eigenvalue weighted by molar-refractivity contribution is 5.68. The van der Waals surface area contributed by atoms with Gasteiger partial charge in [-0.2, -0.15) is 0 Å². The molecule has 1 fully saturated rings. The van der Waals surface area contributed by atoms with Crippen LogP contribution in [0.3, 0.4) is 0 Å². The van der Waals surface area contributed by atoms with Gasteiger partial charge < -0.3 is 9.47 Å². The van der Waals surface area contributed by atoms with Crippen molar-refractivity contribution in [1.29, 1.82) is 0 Å². The van der Waals surface area contributed by atoms with Crippen LogP contribution >= 0.6 is 0 Å².